The Morgan fingerprint density at radius 3 is 2.67 bits per heavy atom. The Hall–Kier alpha value is -1.80. The largest absolute Gasteiger partial charge is 0.456 e. The Morgan fingerprint density at radius 2 is 1.94 bits per heavy atom. The summed E-state index contributed by atoms with van der Waals surface area (Å²) in [6, 6.07) is 12.8. The minimum absolute atomic E-state index is 0.452. The molecule has 0 fully saturated rings. The van der Waals surface area contributed by atoms with Gasteiger partial charge >= 0.3 is 0 Å². The summed E-state index contributed by atoms with van der Waals surface area (Å²) in [7, 11) is 0. The fraction of sp³-hybridized carbons (Fsp3) is 0.133. The zero-order chi connectivity index (χ0) is 13.0. The Labute approximate surface area is 111 Å². The van der Waals surface area contributed by atoms with E-state index >= 15 is 0 Å². The number of rotatable bonds is 4. The quantitative estimate of drug-likeness (QED) is 0.756. The van der Waals surface area contributed by atoms with E-state index in [1.807, 2.05) is 24.3 Å². The maximum absolute atomic E-state index is 11.0. The van der Waals surface area contributed by atoms with E-state index in [2.05, 4.69) is 6.92 Å². The number of para-hydroxylation sites is 1. The summed E-state index contributed by atoms with van der Waals surface area (Å²) in [5, 5.41) is 0.522. The third-order valence-electron chi connectivity index (χ3n) is 2.67. The number of aldehydes is 1. The fourth-order valence-electron chi connectivity index (χ4n) is 1.72. The molecule has 0 unspecified atom stereocenters. The van der Waals surface area contributed by atoms with E-state index in [1.54, 1.807) is 18.2 Å². The Kier molecular flexibility index (Phi) is 4.00. The number of hydrogen-bond acceptors (Lipinski definition) is 2. The van der Waals surface area contributed by atoms with E-state index in [9.17, 15) is 4.79 Å². The van der Waals surface area contributed by atoms with Crippen LogP contribution in [0.2, 0.25) is 5.02 Å². The third kappa shape index (κ3) is 2.71. The lowest BCUT2D eigenvalue weighted by Gasteiger charge is -2.11. The molecule has 0 aliphatic rings. The molecule has 0 saturated carbocycles. The van der Waals surface area contributed by atoms with Gasteiger partial charge in [0, 0.05) is 5.02 Å². The van der Waals surface area contributed by atoms with Crippen molar-refractivity contribution in [1.29, 1.82) is 0 Å². The number of aryl methyl sites for hydroxylation is 1. The van der Waals surface area contributed by atoms with Gasteiger partial charge in [0.15, 0.2) is 6.29 Å². The second kappa shape index (κ2) is 5.69. The second-order valence-corrected chi connectivity index (χ2v) is 4.30. The van der Waals surface area contributed by atoms with Crippen LogP contribution in [0, 0.1) is 0 Å². The Bertz CT molecular complexity index is 564. The minimum Gasteiger partial charge on any atom is -0.456 e. The molecule has 0 aromatic heterocycles. The van der Waals surface area contributed by atoms with Crippen molar-refractivity contribution in [3.63, 3.8) is 0 Å². The van der Waals surface area contributed by atoms with Gasteiger partial charge in [0.1, 0.15) is 11.5 Å². The highest BCUT2D eigenvalue weighted by molar-refractivity contribution is 6.30. The smallest absolute Gasteiger partial charge is 0.153 e. The molecule has 18 heavy (non-hydrogen) atoms. The Balaban J connectivity index is 2.36. The lowest BCUT2D eigenvalue weighted by atomic mass is 10.1. The molecule has 0 saturated heterocycles. The summed E-state index contributed by atoms with van der Waals surface area (Å²) in [6.45, 7) is 2.06. The van der Waals surface area contributed by atoms with Crippen LogP contribution in [0.4, 0.5) is 0 Å². The highest BCUT2D eigenvalue weighted by Crippen LogP contribution is 2.29. The van der Waals surface area contributed by atoms with Crippen molar-refractivity contribution in [3.8, 4) is 11.5 Å². The fourth-order valence-corrected chi connectivity index (χ4v) is 1.90. The predicted molar refractivity (Wildman–Crippen MR) is 72.7 cm³/mol. The van der Waals surface area contributed by atoms with E-state index in [-0.39, 0.29) is 0 Å². The first kappa shape index (κ1) is 12.7. The van der Waals surface area contributed by atoms with Crippen LogP contribution in [-0.2, 0) is 6.42 Å². The van der Waals surface area contributed by atoms with Crippen LogP contribution in [0.3, 0.4) is 0 Å². The number of carbonyl (C=O) groups is 1. The summed E-state index contributed by atoms with van der Waals surface area (Å²) in [6.07, 6.45) is 1.62. The van der Waals surface area contributed by atoms with Crippen molar-refractivity contribution in [2.75, 3.05) is 0 Å². The average Bonchev–Trinajstić information content (AvgIpc) is 2.41. The van der Waals surface area contributed by atoms with Crippen LogP contribution in [0.25, 0.3) is 0 Å². The minimum atomic E-state index is 0.452. The van der Waals surface area contributed by atoms with Crippen molar-refractivity contribution in [2.24, 2.45) is 0 Å². The van der Waals surface area contributed by atoms with Crippen LogP contribution in [0.5, 0.6) is 11.5 Å². The second-order valence-electron chi connectivity index (χ2n) is 3.86. The molecule has 0 aliphatic heterocycles. The number of ether oxygens (including phenoxy) is 1. The van der Waals surface area contributed by atoms with Gasteiger partial charge in [-0.15, -0.1) is 0 Å². The number of halogens is 1. The van der Waals surface area contributed by atoms with Crippen LogP contribution >= 0.6 is 11.6 Å². The van der Waals surface area contributed by atoms with Gasteiger partial charge in [-0.05, 0) is 36.2 Å². The van der Waals surface area contributed by atoms with E-state index < -0.39 is 0 Å². The maximum Gasteiger partial charge on any atom is 0.153 e. The molecule has 2 aromatic carbocycles. The Morgan fingerprint density at radius 1 is 1.17 bits per heavy atom. The molecule has 0 spiro atoms. The molecule has 0 bridgehead atoms. The molecule has 0 atom stereocenters. The van der Waals surface area contributed by atoms with Gasteiger partial charge in [-0.2, -0.15) is 0 Å². The zero-order valence-electron chi connectivity index (χ0n) is 10.0. The summed E-state index contributed by atoms with van der Waals surface area (Å²) in [5.74, 6) is 1.29. The molecule has 0 heterocycles. The molecule has 0 radical (unpaired) electrons. The normalized spacial score (nSPS) is 10.1. The van der Waals surface area contributed by atoms with E-state index in [0.717, 1.165) is 24.0 Å². The van der Waals surface area contributed by atoms with Gasteiger partial charge in [-0.1, -0.05) is 36.7 Å². The highest BCUT2D eigenvalue weighted by atomic mass is 35.5. The predicted octanol–water partition coefficient (Wildman–Crippen LogP) is 4.51. The zero-order valence-corrected chi connectivity index (χ0v) is 10.8. The molecule has 2 aromatic rings. The van der Waals surface area contributed by atoms with Crippen LogP contribution in [0.15, 0.2) is 42.5 Å². The van der Waals surface area contributed by atoms with E-state index in [4.69, 9.17) is 16.3 Å². The first-order valence-electron chi connectivity index (χ1n) is 5.75. The highest BCUT2D eigenvalue weighted by Gasteiger charge is 2.07. The van der Waals surface area contributed by atoms with Crippen molar-refractivity contribution in [2.45, 2.75) is 13.3 Å². The van der Waals surface area contributed by atoms with Crippen LogP contribution < -0.4 is 4.74 Å². The van der Waals surface area contributed by atoms with E-state index in [1.165, 1.54) is 0 Å². The number of benzene rings is 2. The molecule has 2 rings (SSSR count). The van der Waals surface area contributed by atoms with Gasteiger partial charge < -0.3 is 4.74 Å². The lowest BCUT2D eigenvalue weighted by molar-refractivity contribution is 0.112. The van der Waals surface area contributed by atoms with Gasteiger partial charge in [0.25, 0.3) is 0 Å². The van der Waals surface area contributed by atoms with Gasteiger partial charge in [-0.3, -0.25) is 4.79 Å². The maximum atomic E-state index is 11.0. The molecular formula is C15H13ClO2. The number of carbonyl (C=O) groups excluding carboxylic acids is 1. The summed E-state index contributed by atoms with van der Waals surface area (Å²) in [4.78, 5) is 11.0. The lowest BCUT2D eigenvalue weighted by Crippen LogP contribution is -1.93. The summed E-state index contributed by atoms with van der Waals surface area (Å²) >= 11 is 5.84. The van der Waals surface area contributed by atoms with E-state index in [0.29, 0.717) is 16.3 Å². The first-order valence-corrected chi connectivity index (χ1v) is 6.13. The van der Waals surface area contributed by atoms with Crippen molar-refractivity contribution < 1.29 is 9.53 Å². The van der Waals surface area contributed by atoms with Gasteiger partial charge in [0.2, 0.25) is 0 Å². The van der Waals surface area contributed by atoms with Crippen LogP contribution in [0.1, 0.15) is 22.8 Å². The van der Waals surface area contributed by atoms with Crippen molar-refractivity contribution in [3.05, 3.63) is 58.6 Å². The van der Waals surface area contributed by atoms with Gasteiger partial charge in [0.05, 0.1) is 5.56 Å². The topological polar surface area (TPSA) is 26.3 Å². The molecule has 0 amide bonds. The number of hydrogen-bond donors (Lipinski definition) is 0. The van der Waals surface area contributed by atoms with Crippen LogP contribution in [-0.4, -0.2) is 6.29 Å². The average molecular weight is 261 g/mol. The standard InChI is InChI=1S/C15H13ClO2/c1-2-11-5-3-4-6-14(11)18-15-8-7-13(16)9-12(15)10-17/h3-10H,2H2,1H3. The molecular weight excluding hydrogens is 248 g/mol. The molecule has 92 valence electrons. The monoisotopic (exact) mass is 260 g/mol. The molecule has 0 aliphatic carbocycles. The summed E-state index contributed by atoms with van der Waals surface area (Å²) in [5.41, 5.74) is 1.55. The molecule has 2 nitrogen and oxygen atoms in total. The SMILES string of the molecule is CCc1ccccc1Oc1ccc(Cl)cc1C=O. The first-order chi connectivity index (χ1) is 8.74. The molecule has 3 heteroatoms. The molecule has 0 N–H and O–H groups in total. The van der Waals surface area contributed by atoms with Crippen molar-refractivity contribution >= 4 is 17.9 Å². The summed E-state index contributed by atoms with van der Waals surface area (Å²) < 4.78 is 5.79. The third-order valence-corrected chi connectivity index (χ3v) is 2.91. The van der Waals surface area contributed by atoms with Crippen molar-refractivity contribution in [1.82, 2.24) is 0 Å². The van der Waals surface area contributed by atoms with Gasteiger partial charge in [-0.25, -0.2) is 0 Å².